The Kier molecular flexibility index (Phi) is 12.3. The van der Waals surface area contributed by atoms with Crippen LogP contribution in [0.15, 0.2) is 66.0 Å². The van der Waals surface area contributed by atoms with Crippen LogP contribution in [-0.2, 0) is 10.0 Å². The predicted molar refractivity (Wildman–Crippen MR) is 141 cm³/mol. The fourth-order valence-electron chi connectivity index (χ4n) is 3.48. The first kappa shape index (κ1) is 34.3. The van der Waals surface area contributed by atoms with Crippen molar-refractivity contribution in [3.8, 4) is 46.0 Å². The summed E-state index contributed by atoms with van der Waals surface area (Å²) in [6.07, 6.45) is 2.87. The van der Waals surface area contributed by atoms with Crippen LogP contribution in [0.5, 0.6) is 23.1 Å². The number of nitrogens with zero attached hydrogens (tertiary/aromatic N) is 8. The molecule has 0 fully saturated rings. The van der Waals surface area contributed by atoms with E-state index in [1.54, 1.807) is 49.4 Å². The zero-order chi connectivity index (χ0) is 28.8. The minimum Gasteiger partial charge on any atom is -0.852 e. The molecule has 18 heteroatoms. The summed E-state index contributed by atoms with van der Waals surface area (Å²) in [4.78, 5) is 17.1. The van der Waals surface area contributed by atoms with Crippen LogP contribution in [0, 0.1) is 6.92 Å². The summed E-state index contributed by atoms with van der Waals surface area (Å²) in [5.41, 5.74) is 1.49. The normalized spacial score (nSPS) is 10.7. The second kappa shape index (κ2) is 15.5. The fourth-order valence-corrected chi connectivity index (χ4v) is 4.35. The van der Waals surface area contributed by atoms with Gasteiger partial charge < -0.3 is 29.0 Å². The molecule has 43 heavy (non-hydrogen) atoms. The molecule has 0 amide bonds. The Labute approximate surface area is 290 Å². The van der Waals surface area contributed by atoms with E-state index in [1.165, 1.54) is 25.6 Å². The third-order valence-electron chi connectivity index (χ3n) is 5.37. The average molecular weight is 622 g/mol. The maximum absolute atomic E-state index is 13.3. The first-order chi connectivity index (χ1) is 19.9. The number of methoxy groups -OCH3 is 1. The van der Waals surface area contributed by atoms with Crippen molar-refractivity contribution in [3.05, 3.63) is 71.2 Å². The van der Waals surface area contributed by atoms with Gasteiger partial charge in [0.25, 0.3) is 5.88 Å². The monoisotopic (exact) mass is 621 g/mol. The molecule has 0 radical (unpaired) electrons. The van der Waals surface area contributed by atoms with Gasteiger partial charge >= 0.3 is 59.1 Å². The van der Waals surface area contributed by atoms with Crippen molar-refractivity contribution >= 4 is 15.8 Å². The number of aromatic nitrogens is 8. The Bertz CT molecular complexity index is 1760. The summed E-state index contributed by atoms with van der Waals surface area (Å²) in [7, 11) is -2.95. The van der Waals surface area contributed by atoms with Gasteiger partial charge in [0.1, 0.15) is 5.69 Å². The zero-order valence-electron chi connectivity index (χ0n) is 23.6. The van der Waals surface area contributed by atoms with Gasteiger partial charge in [-0.2, -0.15) is 5.21 Å². The standard InChI is InChI=1S/C25H21N9O6S.2Na/c1-15-7-8-20(27-14-15)41(36,37)32-24-21(40-19-6-4-3-5-18(19)38-2)25(39-12-11-35)29-22(28-24)16-9-10-26-17(13-16)23-30-33-34-31-23;;/h3-10,13-14H,11-12H2,1-2H3,(H-,28,29,30,31,32,33,34);;/q-2;2*+1. The van der Waals surface area contributed by atoms with Gasteiger partial charge in [0.15, 0.2) is 22.3 Å². The summed E-state index contributed by atoms with van der Waals surface area (Å²) in [6.45, 7) is 0.866. The minimum atomic E-state index is -4.39. The maximum Gasteiger partial charge on any atom is 1.00 e. The first-order valence-electron chi connectivity index (χ1n) is 11.9. The number of H-pyrrole nitrogens is 1. The van der Waals surface area contributed by atoms with Gasteiger partial charge in [0.05, 0.1) is 19.5 Å². The second-order valence-corrected chi connectivity index (χ2v) is 9.77. The molecule has 0 aliphatic rings. The van der Waals surface area contributed by atoms with E-state index in [0.717, 1.165) is 5.56 Å². The van der Waals surface area contributed by atoms with Gasteiger partial charge in [-0.3, -0.25) is 4.98 Å². The Balaban J connectivity index is 0.00000253. The number of benzene rings is 1. The molecule has 15 nitrogen and oxygen atoms in total. The number of sulfonamides is 1. The zero-order valence-corrected chi connectivity index (χ0v) is 28.4. The molecular formula is C25H21N9Na2O6S. The molecule has 1 N–H and O–H groups in total. The largest absolute Gasteiger partial charge is 1.00 e. The van der Waals surface area contributed by atoms with Crippen LogP contribution < -0.4 is 78.4 Å². The number of hydrogen-bond acceptors (Lipinski definition) is 13. The van der Waals surface area contributed by atoms with E-state index >= 15 is 0 Å². The van der Waals surface area contributed by atoms with Crippen LogP contribution in [0.3, 0.4) is 0 Å². The molecule has 0 aliphatic heterocycles. The van der Waals surface area contributed by atoms with Crippen molar-refractivity contribution in [1.29, 1.82) is 0 Å². The smallest absolute Gasteiger partial charge is 0.852 e. The Morgan fingerprint density at radius 3 is 2.47 bits per heavy atom. The summed E-state index contributed by atoms with van der Waals surface area (Å²) < 4.78 is 47.6. The predicted octanol–water partition coefficient (Wildman–Crippen LogP) is -3.64. The average Bonchev–Trinajstić information content (AvgIpc) is 3.53. The van der Waals surface area contributed by atoms with Gasteiger partial charge in [0.2, 0.25) is 15.8 Å². The third-order valence-corrected chi connectivity index (χ3v) is 6.55. The molecule has 210 valence electrons. The van der Waals surface area contributed by atoms with Crippen molar-refractivity contribution in [3.63, 3.8) is 0 Å². The van der Waals surface area contributed by atoms with Crippen LogP contribution in [0.25, 0.3) is 27.6 Å². The van der Waals surface area contributed by atoms with Crippen molar-refractivity contribution < 1.29 is 86.8 Å². The van der Waals surface area contributed by atoms with Gasteiger partial charge in [-0.05, 0) is 48.0 Å². The number of tetrazole rings is 1. The second-order valence-electron chi connectivity index (χ2n) is 8.22. The molecule has 5 aromatic rings. The molecule has 0 bridgehead atoms. The van der Waals surface area contributed by atoms with Crippen LogP contribution in [-0.4, -0.2) is 69.3 Å². The molecule has 4 heterocycles. The minimum absolute atomic E-state index is 0. The number of para-hydroxylation sites is 2. The number of pyridine rings is 2. The number of nitrogens with one attached hydrogen (secondary N) is 1. The van der Waals surface area contributed by atoms with E-state index < -0.39 is 22.4 Å². The van der Waals surface area contributed by atoms with Gasteiger partial charge in [-0.1, -0.05) is 18.2 Å². The molecule has 0 spiro atoms. The Morgan fingerprint density at radius 2 is 1.79 bits per heavy atom. The molecule has 5 rings (SSSR count). The molecular weight excluding hydrogens is 600 g/mol. The maximum atomic E-state index is 13.3. The van der Waals surface area contributed by atoms with Crippen molar-refractivity contribution in [2.24, 2.45) is 0 Å². The van der Waals surface area contributed by atoms with E-state index in [0.29, 0.717) is 17.0 Å². The molecule has 0 aliphatic carbocycles. The Morgan fingerprint density at radius 1 is 1.00 bits per heavy atom. The Hall–Kier alpha value is -3.22. The number of aromatic amines is 1. The molecule has 1 aromatic carbocycles. The van der Waals surface area contributed by atoms with Gasteiger partial charge in [-0.25, -0.2) is 18.4 Å². The van der Waals surface area contributed by atoms with E-state index in [-0.39, 0.29) is 99.8 Å². The molecule has 4 aromatic heterocycles. The van der Waals surface area contributed by atoms with E-state index in [4.69, 9.17) is 14.2 Å². The SMILES string of the molecule is COc1ccccc1Oc1c([N-]S(=O)(=O)c2ccc(C)cn2)nc(-c2ccnc(-c3nn[nH]n3)c2)nc1OCC[O-].[Na+].[Na+]. The number of rotatable bonds is 11. The van der Waals surface area contributed by atoms with E-state index in [2.05, 4.69) is 45.3 Å². The fraction of sp³-hybridized carbons (Fsp3) is 0.160. The molecule has 0 saturated heterocycles. The number of hydrogen-bond donors (Lipinski definition) is 1. The van der Waals surface area contributed by atoms with Gasteiger partial charge in [0, 0.05) is 23.8 Å². The van der Waals surface area contributed by atoms with Crippen LogP contribution in [0.2, 0.25) is 0 Å². The van der Waals surface area contributed by atoms with Crippen LogP contribution in [0.1, 0.15) is 5.56 Å². The topological polar surface area (TPSA) is 205 Å². The molecule has 0 saturated carbocycles. The molecule has 0 unspecified atom stereocenters. The quantitative estimate of drug-likeness (QED) is 0.142. The van der Waals surface area contributed by atoms with Gasteiger partial charge in [-0.15, -0.1) is 16.8 Å². The van der Waals surface area contributed by atoms with Crippen LogP contribution >= 0.6 is 0 Å². The van der Waals surface area contributed by atoms with E-state index in [1.807, 2.05) is 0 Å². The molecule has 0 atom stereocenters. The van der Waals surface area contributed by atoms with Crippen molar-refractivity contribution in [2.45, 2.75) is 11.9 Å². The summed E-state index contributed by atoms with van der Waals surface area (Å²) in [5.74, 6) is -0.138. The van der Waals surface area contributed by atoms with E-state index in [9.17, 15) is 13.5 Å². The number of ether oxygens (including phenoxy) is 3. The van der Waals surface area contributed by atoms with Crippen molar-refractivity contribution in [2.75, 3.05) is 20.3 Å². The van der Waals surface area contributed by atoms with Crippen molar-refractivity contribution in [1.82, 2.24) is 40.6 Å². The summed E-state index contributed by atoms with van der Waals surface area (Å²) in [5, 5.41) is 24.7. The van der Waals surface area contributed by atoms with Crippen LogP contribution in [0.4, 0.5) is 5.82 Å². The summed E-state index contributed by atoms with van der Waals surface area (Å²) in [6, 6.07) is 12.7. The first-order valence-corrected chi connectivity index (χ1v) is 13.4. The summed E-state index contributed by atoms with van der Waals surface area (Å²) >= 11 is 0. The third kappa shape index (κ3) is 8.24. The number of aryl methyl sites for hydroxylation is 1.